The first-order valence-electron chi connectivity index (χ1n) is 8.56. The molecule has 3 nitrogen and oxygen atoms in total. The van der Waals surface area contributed by atoms with E-state index in [-0.39, 0.29) is 11.9 Å². The summed E-state index contributed by atoms with van der Waals surface area (Å²) in [5.41, 5.74) is 5.59. The monoisotopic (exact) mass is 348 g/mol. The Hall–Kier alpha value is -2.46. The molecule has 4 rings (SSSR count). The van der Waals surface area contributed by atoms with E-state index in [1.54, 1.807) is 11.3 Å². The van der Waals surface area contributed by atoms with Crippen molar-refractivity contribution in [2.75, 3.05) is 4.90 Å². The first-order valence-corrected chi connectivity index (χ1v) is 9.44. The van der Waals surface area contributed by atoms with E-state index in [1.807, 2.05) is 23.1 Å². The zero-order valence-electron chi connectivity index (χ0n) is 14.4. The SMILES string of the molecule is CC(C)N1C(=O)Cc2c(-c3nc(Cc4ccccc4)cs3)cccc21. The number of benzene rings is 2. The van der Waals surface area contributed by atoms with E-state index in [0.29, 0.717) is 6.42 Å². The molecule has 1 aromatic heterocycles. The quantitative estimate of drug-likeness (QED) is 0.685. The van der Waals surface area contributed by atoms with Crippen molar-refractivity contribution in [3.05, 3.63) is 70.7 Å². The van der Waals surface area contributed by atoms with Gasteiger partial charge in [0.25, 0.3) is 0 Å². The molecule has 0 radical (unpaired) electrons. The Labute approximate surface area is 152 Å². The highest BCUT2D eigenvalue weighted by Crippen LogP contribution is 2.38. The lowest BCUT2D eigenvalue weighted by molar-refractivity contribution is -0.117. The van der Waals surface area contributed by atoms with Crippen molar-refractivity contribution in [1.29, 1.82) is 0 Å². The summed E-state index contributed by atoms with van der Waals surface area (Å²) in [5.74, 6) is 0.179. The molecule has 0 unspecified atom stereocenters. The number of hydrogen-bond acceptors (Lipinski definition) is 3. The van der Waals surface area contributed by atoms with Crippen LogP contribution >= 0.6 is 11.3 Å². The Morgan fingerprint density at radius 3 is 2.68 bits per heavy atom. The van der Waals surface area contributed by atoms with Gasteiger partial charge in [-0.25, -0.2) is 4.98 Å². The minimum Gasteiger partial charge on any atom is -0.309 e. The van der Waals surface area contributed by atoms with Gasteiger partial charge in [-0.05, 0) is 31.0 Å². The van der Waals surface area contributed by atoms with Crippen molar-refractivity contribution in [3.8, 4) is 10.6 Å². The number of nitrogens with zero attached hydrogens (tertiary/aromatic N) is 2. The Morgan fingerprint density at radius 2 is 1.92 bits per heavy atom. The van der Waals surface area contributed by atoms with Crippen LogP contribution in [0, 0.1) is 0 Å². The summed E-state index contributed by atoms with van der Waals surface area (Å²) in [6.07, 6.45) is 1.31. The second-order valence-corrected chi connectivity index (χ2v) is 7.50. The normalized spacial score (nSPS) is 13.6. The lowest BCUT2D eigenvalue weighted by Crippen LogP contribution is -2.33. The highest BCUT2D eigenvalue weighted by atomic mass is 32.1. The molecule has 4 heteroatoms. The van der Waals surface area contributed by atoms with Crippen LogP contribution in [0.15, 0.2) is 53.9 Å². The number of amides is 1. The third-order valence-electron chi connectivity index (χ3n) is 4.53. The molecule has 0 N–H and O–H groups in total. The molecule has 3 aromatic rings. The maximum absolute atomic E-state index is 12.4. The van der Waals surface area contributed by atoms with Crippen molar-refractivity contribution in [2.45, 2.75) is 32.7 Å². The molecule has 0 saturated carbocycles. The molecule has 2 aromatic carbocycles. The van der Waals surface area contributed by atoms with Gasteiger partial charge in [-0.15, -0.1) is 11.3 Å². The number of fused-ring (bicyclic) bond motifs is 1. The molecule has 1 aliphatic heterocycles. The summed E-state index contributed by atoms with van der Waals surface area (Å²) in [5, 5.41) is 3.12. The van der Waals surface area contributed by atoms with Crippen LogP contribution in [0.2, 0.25) is 0 Å². The predicted octanol–water partition coefficient (Wildman–Crippen LogP) is 4.70. The number of anilines is 1. The molecular weight excluding hydrogens is 328 g/mol. The summed E-state index contributed by atoms with van der Waals surface area (Å²) >= 11 is 1.66. The Balaban J connectivity index is 1.67. The molecule has 25 heavy (non-hydrogen) atoms. The van der Waals surface area contributed by atoms with E-state index in [9.17, 15) is 4.79 Å². The van der Waals surface area contributed by atoms with Crippen LogP contribution in [-0.2, 0) is 17.6 Å². The molecule has 0 spiro atoms. The summed E-state index contributed by atoms with van der Waals surface area (Å²) in [6.45, 7) is 4.11. The van der Waals surface area contributed by atoms with Crippen molar-refractivity contribution in [1.82, 2.24) is 4.98 Å². The third kappa shape index (κ3) is 2.98. The summed E-state index contributed by atoms with van der Waals surface area (Å²) in [7, 11) is 0. The number of hydrogen-bond donors (Lipinski definition) is 0. The van der Waals surface area contributed by atoms with Crippen LogP contribution in [0.1, 0.15) is 30.7 Å². The van der Waals surface area contributed by atoms with Gasteiger partial charge in [-0.3, -0.25) is 4.79 Å². The van der Waals surface area contributed by atoms with Gasteiger partial charge in [-0.2, -0.15) is 0 Å². The highest BCUT2D eigenvalue weighted by molar-refractivity contribution is 7.13. The summed E-state index contributed by atoms with van der Waals surface area (Å²) < 4.78 is 0. The average Bonchev–Trinajstić information content (AvgIpc) is 3.18. The van der Waals surface area contributed by atoms with Crippen LogP contribution in [0.25, 0.3) is 10.6 Å². The van der Waals surface area contributed by atoms with Crippen molar-refractivity contribution >= 4 is 22.9 Å². The average molecular weight is 348 g/mol. The van der Waals surface area contributed by atoms with E-state index in [2.05, 4.69) is 49.6 Å². The van der Waals surface area contributed by atoms with E-state index in [1.165, 1.54) is 5.56 Å². The van der Waals surface area contributed by atoms with Gasteiger partial charge < -0.3 is 4.90 Å². The van der Waals surface area contributed by atoms with Crippen LogP contribution < -0.4 is 4.90 Å². The Bertz CT molecular complexity index is 915. The first kappa shape index (κ1) is 16.0. The van der Waals surface area contributed by atoms with Gasteiger partial charge in [0.1, 0.15) is 5.01 Å². The van der Waals surface area contributed by atoms with Crippen LogP contribution in [0.4, 0.5) is 5.69 Å². The zero-order chi connectivity index (χ0) is 17.4. The molecule has 0 aliphatic carbocycles. The summed E-state index contributed by atoms with van der Waals surface area (Å²) in [6, 6.07) is 16.7. The molecule has 1 amide bonds. The maximum atomic E-state index is 12.4. The number of rotatable bonds is 4. The number of thiazole rings is 1. The largest absolute Gasteiger partial charge is 0.309 e. The van der Waals surface area contributed by atoms with Gasteiger partial charge in [0.15, 0.2) is 0 Å². The Kier molecular flexibility index (Phi) is 4.14. The van der Waals surface area contributed by atoms with E-state index in [0.717, 1.165) is 33.9 Å². The molecular formula is C21H20N2OS. The van der Waals surface area contributed by atoms with E-state index in [4.69, 9.17) is 4.98 Å². The maximum Gasteiger partial charge on any atom is 0.231 e. The van der Waals surface area contributed by atoms with Gasteiger partial charge in [0.05, 0.1) is 12.1 Å². The van der Waals surface area contributed by atoms with Gasteiger partial charge in [0, 0.05) is 29.1 Å². The highest BCUT2D eigenvalue weighted by Gasteiger charge is 2.31. The smallest absolute Gasteiger partial charge is 0.231 e. The first-order chi connectivity index (χ1) is 12.1. The van der Waals surface area contributed by atoms with Crippen molar-refractivity contribution < 1.29 is 4.79 Å². The standard InChI is InChI=1S/C21H20N2OS/c1-14(2)23-19-10-6-9-17(18(19)12-20(23)24)21-22-16(13-25-21)11-15-7-4-3-5-8-15/h3-10,13-14H,11-12H2,1-2H3. The van der Waals surface area contributed by atoms with Crippen molar-refractivity contribution in [2.24, 2.45) is 0 Å². The fourth-order valence-corrected chi connectivity index (χ4v) is 4.31. The number of carbonyl (C=O) groups is 1. The third-order valence-corrected chi connectivity index (χ3v) is 5.46. The second kappa shape index (κ2) is 6.45. The molecule has 0 atom stereocenters. The fraction of sp³-hybridized carbons (Fsp3) is 0.238. The molecule has 0 saturated heterocycles. The van der Waals surface area contributed by atoms with Gasteiger partial charge in [0.2, 0.25) is 5.91 Å². The molecule has 0 fully saturated rings. The molecule has 126 valence electrons. The molecule has 2 heterocycles. The minimum absolute atomic E-state index is 0.175. The minimum atomic E-state index is 0.175. The van der Waals surface area contributed by atoms with Crippen LogP contribution in [-0.4, -0.2) is 16.9 Å². The predicted molar refractivity (Wildman–Crippen MR) is 103 cm³/mol. The van der Waals surface area contributed by atoms with E-state index < -0.39 is 0 Å². The lowest BCUT2D eigenvalue weighted by Gasteiger charge is -2.22. The summed E-state index contributed by atoms with van der Waals surface area (Å²) in [4.78, 5) is 19.1. The number of aromatic nitrogens is 1. The molecule has 1 aliphatic rings. The van der Waals surface area contributed by atoms with Gasteiger partial charge >= 0.3 is 0 Å². The topological polar surface area (TPSA) is 33.2 Å². The Morgan fingerprint density at radius 1 is 1.12 bits per heavy atom. The second-order valence-electron chi connectivity index (χ2n) is 6.64. The van der Waals surface area contributed by atoms with Gasteiger partial charge in [-0.1, -0.05) is 42.5 Å². The number of carbonyl (C=O) groups excluding carboxylic acids is 1. The lowest BCUT2D eigenvalue weighted by atomic mass is 10.1. The van der Waals surface area contributed by atoms with Crippen molar-refractivity contribution in [3.63, 3.8) is 0 Å². The molecule has 0 bridgehead atoms. The zero-order valence-corrected chi connectivity index (χ0v) is 15.2. The van der Waals surface area contributed by atoms with E-state index >= 15 is 0 Å². The van der Waals surface area contributed by atoms with Crippen LogP contribution in [0.3, 0.4) is 0 Å². The van der Waals surface area contributed by atoms with Crippen LogP contribution in [0.5, 0.6) is 0 Å². The fourth-order valence-electron chi connectivity index (χ4n) is 3.44.